The van der Waals surface area contributed by atoms with Crippen molar-refractivity contribution >= 4 is 11.6 Å². The molecule has 0 amide bonds. The maximum atomic E-state index is 5.71. The lowest BCUT2D eigenvalue weighted by molar-refractivity contribution is 0.242. The Hall–Kier alpha value is -0.990. The Balaban J connectivity index is 2.57. The minimum absolute atomic E-state index is 0.205. The van der Waals surface area contributed by atoms with E-state index in [1.807, 2.05) is 26.0 Å². The van der Waals surface area contributed by atoms with Crippen molar-refractivity contribution in [3.63, 3.8) is 0 Å². The highest BCUT2D eigenvalue weighted by Gasteiger charge is 2.05. The third-order valence-corrected chi connectivity index (χ3v) is 2.49. The molecular weight excluding hydrogens is 234 g/mol. The monoisotopic (exact) mass is 253 g/mol. The lowest BCUT2D eigenvalue weighted by atomic mass is 10.1. The van der Waals surface area contributed by atoms with Gasteiger partial charge in [-0.2, -0.15) is 0 Å². The molecule has 1 atom stereocenters. The molecule has 0 bridgehead atoms. The van der Waals surface area contributed by atoms with Crippen LogP contribution in [-0.4, -0.2) is 12.6 Å². The number of benzene rings is 1. The second kappa shape index (κ2) is 6.67. The fraction of sp³-hybridized carbons (Fsp3) is 0.429. The van der Waals surface area contributed by atoms with Crippen LogP contribution in [0.4, 0.5) is 0 Å². The summed E-state index contributed by atoms with van der Waals surface area (Å²) in [6, 6.07) is 8.35. The van der Waals surface area contributed by atoms with Crippen molar-refractivity contribution in [1.29, 1.82) is 0 Å². The van der Waals surface area contributed by atoms with Crippen LogP contribution in [0.1, 0.15) is 32.4 Å². The maximum absolute atomic E-state index is 5.71. The van der Waals surface area contributed by atoms with Gasteiger partial charge >= 0.3 is 0 Å². The summed E-state index contributed by atoms with van der Waals surface area (Å²) < 4.78 is 5.59. The Morgan fingerprint density at radius 3 is 2.35 bits per heavy atom. The van der Waals surface area contributed by atoms with Crippen LogP contribution in [0.5, 0.6) is 5.75 Å². The summed E-state index contributed by atoms with van der Waals surface area (Å²) in [6.07, 6.45) is 0.205. The molecule has 17 heavy (non-hydrogen) atoms. The van der Waals surface area contributed by atoms with Crippen molar-refractivity contribution < 1.29 is 4.74 Å². The molecule has 0 saturated carbocycles. The highest BCUT2D eigenvalue weighted by molar-refractivity contribution is 6.29. The van der Waals surface area contributed by atoms with Gasteiger partial charge in [-0.1, -0.05) is 30.3 Å². The number of hydrogen-bond acceptors (Lipinski definition) is 2. The second-order valence-corrected chi connectivity index (χ2v) is 4.89. The summed E-state index contributed by atoms with van der Waals surface area (Å²) >= 11 is 5.71. The minimum atomic E-state index is 0.205. The second-order valence-electron chi connectivity index (χ2n) is 4.36. The van der Waals surface area contributed by atoms with E-state index >= 15 is 0 Å². The molecule has 1 aromatic rings. The first-order chi connectivity index (χ1) is 7.99. The molecule has 0 aliphatic carbocycles. The largest absolute Gasteiger partial charge is 0.491 e. The van der Waals surface area contributed by atoms with Gasteiger partial charge in [0.15, 0.2) is 0 Å². The molecule has 3 heteroatoms. The minimum Gasteiger partial charge on any atom is -0.491 e. The SMILES string of the molecule is C=C(Cl)CNC(C)c1ccc(OC(C)C)cc1. The van der Waals surface area contributed by atoms with Crippen molar-refractivity contribution in [2.75, 3.05) is 6.54 Å². The molecule has 1 aromatic carbocycles. The van der Waals surface area contributed by atoms with E-state index in [1.165, 1.54) is 5.56 Å². The molecule has 0 aliphatic heterocycles. The molecule has 0 fully saturated rings. The summed E-state index contributed by atoms with van der Waals surface area (Å²) in [5.41, 5.74) is 1.21. The highest BCUT2D eigenvalue weighted by atomic mass is 35.5. The van der Waals surface area contributed by atoms with Crippen LogP contribution in [0.25, 0.3) is 0 Å². The van der Waals surface area contributed by atoms with E-state index in [1.54, 1.807) is 0 Å². The number of nitrogens with one attached hydrogen (secondary N) is 1. The Kier molecular flexibility index (Phi) is 5.52. The summed E-state index contributed by atoms with van der Waals surface area (Å²) in [7, 11) is 0. The molecule has 0 saturated heterocycles. The molecule has 0 heterocycles. The van der Waals surface area contributed by atoms with Gasteiger partial charge in [0.05, 0.1) is 6.10 Å². The van der Waals surface area contributed by atoms with E-state index in [0.717, 1.165) is 5.75 Å². The van der Waals surface area contributed by atoms with Gasteiger partial charge in [0.25, 0.3) is 0 Å². The van der Waals surface area contributed by atoms with E-state index in [4.69, 9.17) is 16.3 Å². The third kappa shape index (κ3) is 5.24. The summed E-state index contributed by atoms with van der Waals surface area (Å²) in [5, 5.41) is 3.91. The molecule has 1 rings (SSSR count). The quantitative estimate of drug-likeness (QED) is 0.831. The standard InChI is InChI=1S/C14H20ClNO/c1-10(2)17-14-7-5-13(6-8-14)12(4)16-9-11(3)15/h5-8,10,12,16H,3,9H2,1-2,4H3. The number of hydrogen-bond donors (Lipinski definition) is 1. The van der Waals surface area contributed by atoms with Gasteiger partial charge in [-0.25, -0.2) is 0 Å². The van der Waals surface area contributed by atoms with Crippen LogP contribution in [0, 0.1) is 0 Å². The zero-order valence-electron chi connectivity index (χ0n) is 10.7. The number of halogens is 1. The fourth-order valence-electron chi connectivity index (χ4n) is 1.49. The average molecular weight is 254 g/mol. The van der Waals surface area contributed by atoms with Gasteiger partial charge < -0.3 is 10.1 Å². The molecule has 0 spiro atoms. The van der Waals surface area contributed by atoms with E-state index in [0.29, 0.717) is 11.6 Å². The average Bonchev–Trinajstić information content (AvgIpc) is 2.26. The van der Waals surface area contributed by atoms with Crippen LogP contribution in [0.15, 0.2) is 35.9 Å². The van der Waals surface area contributed by atoms with Gasteiger partial charge in [0.2, 0.25) is 0 Å². The Labute approximate surface area is 109 Å². The van der Waals surface area contributed by atoms with E-state index in [9.17, 15) is 0 Å². The van der Waals surface area contributed by atoms with Gasteiger partial charge in [-0.05, 0) is 38.5 Å². The van der Waals surface area contributed by atoms with Gasteiger partial charge in [0.1, 0.15) is 5.75 Å². The Bertz CT molecular complexity index is 359. The van der Waals surface area contributed by atoms with Crippen molar-refractivity contribution in [3.8, 4) is 5.75 Å². The molecule has 0 aliphatic rings. The topological polar surface area (TPSA) is 21.3 Å². The van der Waals surface area contributed by atoms with Gasteiger partial charge in [0, 0.05) is 17.6 Å². The summed E-state index contributed by atoms with van der Waals surface area (Å²) in [5.74, 6) is 0.901. The molecule has 1 N–H and O–H groups in total. The first-order valence-electron chi connectivity index (χ1n) is 5.82. The highest BCUT2D eigenvalue weighted by Crippen LogP contribution is 2.18. The normalized spacial score (nSPS) is 12.5. The number of ether oxygens (including phenoxy) is 1. The molecule has 0 radical (unpaired) electrons. The molecule has 1 unspecified atom stereocenters. The van der Waals surface area contributed by atoms with Crippen LogP contribution in [0.3, 0.4) is 0 Å². The molecule has 0 aromatic heterocycles. The molecule has 2 nitrogen and oxygen atoms in total. The van der Waals surface area contributed by atoms with Crippen molar-refractivity contribution in [3.05, 3.63) is 41.4 Å². The lowest BCUT2D eigenvalue weighted by Gasteiger charge is -2.15. The third-order valence-electron chi connectivity index (χ3n) is 2.35. The zero-order valence-corrected chi connectivity index (χ0v) is 11.4. The first-order valence-corrected chi connectivity index (χ1v) is 6.20. The smallest absolute Gasteiger partial charge is 0.119 e. The van der Waals surface area contributed by atoms with Gasteiger partial charge in [-0.15, -0.1) is 0 Å². The van der Waals surface area contributed by atoms with Gasteiger partial charge in [-0.3, -0.25) is 0 Å². The summed E-state index contributed by atoms with van der Waals surface area (Å²) in [6.45, 7) is 10.4. The zero-order chi connectivity index (χ0) is 12.8. The van der Waals surface area contributed by atoms with E-state index < -0.39 is 0 Å². The number of rotatable bonds is 6. The molecule has 94 valence electrons. The lowest BCUT2D eigenvalue weighted by Crippen LogP contribution is -2.19. The predicted octanol–water partition coefficient (Wildman–Crippen LogP) is 3.88. The summed E-state index contributed by atoms with van der Waals surface area (Å²) in [4.78, 5) is 0. The Morgan fingerprint density at radius 2 is 1.88 bits per heavy atom. The van der Waals surface area contributed by atoms with E-state index in [-0.39, 0.29) is 12.1 Å². The molecular formula is C14H20ClNO. The maximum Gasteiger partial charge on any atom is 0.119 e. The van der Waals surface area contributed by atoms with Crippen molar-refractivity contribution in [2.45, 2.75) is 32.9 Å². The Morgan fingerprint density at radius 1 is 1.29 bits per heavy atom. The van der Waals surface area contributed by atoms with Crippen LogP contribution in [-0.2, 0) is 0 Å². The van der Waals surface area contributed by atoms with Crippen molar-refractivity contribution in [2.24, 2.45) is 0 Å². The van der Waals surface area contributed by atoms with Crippen LogP contribution >= 0.6 is 11.6 Å². The van der Waals surface area contributed by atoms with E-state index in [2.05, 4.69) is 31.0 Å². The van der Waals surface area contributed by atoms with Crippen LogP contribution < -0.4 is 10.1 Å². The predicted molar refractivity (Wildman–Crippen MR) is 73.6 cm³/mol. The van der Waals surface area contributed by atoms with Crippen LogP contribution in [0.2, 0.25) is 0 Å². The van der Waals surface area contributed by atoms with Crippen molar-refractivity contribution in [1.82, 2.24) is 5.32 Å². The fourth-order valence-corrected chi connectivity index (χ4v) is 1.57. The first kappa shape index (κ1) is 14.1.